The summed E-state index contributed by atoms with van der Waals surface area (Å²) in [5.74, 6) is 0.606. The average molecular weight is 292 g/mol. The maximum absolute atomic E-state index is 4.94. The predicted molar refractivity (Wildman–Crippen MR) is 84.2 cm³/mol. The molecule has 2 heterocycles. The zero-order chi connectivity index (χ0) is 13.2. The fourth-order valence-corrected chi connectivity index (χ4v) is 4.49. The first-order chi connectivity index (χ1) is 9.24. The van der Waals surface area contributed by atoms with Gasteiger partial charge in [-0.3, -0.25) is 0 Å². The van der Waals surface area contributed by atoms with Gasteiger partial charge in [0.2, 0.25) is 0 Å². The van der Waals surface area contributed by atoms with Crippen molar-refractivity contribution in [3.63, 3.8) is 0 Å². The van der Waals surface area contributed by atoms with Gasteiger partial charge in [-0.05, 0) is 30.7 Å². The molecule has 2 aromatic rings. The van der Waals surface area contributed by atoms with Gasteiger partial charge in [-0.15, -0.1) is 11.3 Å². The molecule has 0 aromatic carbocycles. The lowest BCUT2D eigenvalue weighted by Gasteiger charge is -2.22. The summed E-state index contributed by atoms with van der Waals surface area (Å²) in [6.07, 6.45) is 3.80. The maximum Gasteiger partial charge on any atom is 0.124 e. The van der Waals surface area contributed by atoms with Crippen molar-refractivity contribution in [2.75, 3.05) is 6.54 Å². The van der Waals surface area contributed by atoms with Crippen molar-refractivity contribution in [2.24, 2.45) is 0 Å². The van der Waals surface area contributed by atoms with Gasteiger partial charge in [0.05, 0.1) is 5.69 Å². The molecule has 4 heteroatoms. The van der Waals surface area contributed by atoms with Gasteiger partial charge >= 0.3 is 0 Å². The Balaban J connectivity index is 1.83. The summed E-state index contributed by atoms with van der Waals surface area (Å²) >= 11 is 3.65. The largest absolute Gasteiger partial charge is 0.314 e. The lowest BCUT2D eigenvalue weighted by atomic mass is 9.91. The van der Waals surface area contributed by atoms with E-state index in [4.69, 9.17) is 4.98 Å². The molecule has 0 bridgehead atoms. The first kappa shape index (κ1) is 13.3. The van der Waals surface area contributed by atoms with Crippen LogP contribution in [0, 0.1) is 0 Å². The number of aromatic nitrogens is 1. The van der Waals surface area contributed by atoms with Gasteiger partial charge in [-0.1, -0.05) is 13.8 Å². The first-order valence-corrected chi connectivity index (χ1v) is 8.75. The SMILES string of the molecule is CC(C)NCC1CCCc2sc(-c3ccsc3)nc21. The molecule has 0 radical (unpaired) electrons. The van der Waals surface area contributed by atoms with Crippen LogP contribution in [0.4, 0.5) is 0 Å². The van der Waals surface area contributed by atoms with E-state index in [1.807, 2.05) is 11.3 Å². The normalized spacial score (nSPS) is 18.8. The second-order valence-electron chi connectivity index (χ2n) is 5.49. The second-order valence-corrected chi connectivity index (χ2v) is 7.36. The molecule has 0 spiro atoms. The van der Waals surface area contributed by atoms with Crippen LogP contribution in [0.2, 0.25) is 0 Å². The highest BCUT2D eigenvalue weighted by atomic mass is 32.1. The Morgan fingerprint density at radius 3 is 3.11 bits per heavy atom. The highest BCUT2D eigenvalue weighted by molar-refractivity contribution is 7.15. The van der Waals surface area contributed by atoms with Crippen LogP contribution in [0.5, 0.6) is 0 Å². The highest BCUT2D eigenvalue weighted by Gasteiger charge is 2.25. The number of thiazole rings is 1. The third-order valence-corrected chi connectivity index (χ3v) is 5.47. The van der Waals surface area contributed by atoms with Gasteiger partial charge in [0.25, 0.3) is 0 Å². The van der Waals surface area contributed by atoms with Gasteiger partial charge in [0.1, 0.15) is 5.01 Å². The molecule has 0 fully saturated rings. The Morgan fingerprint density at radius 2 is 2.37 bits per heavy atom. The van der Waals surface area contributed by atoms with E-state index in [9.17, 15) is 0 Å². The summed E-state index contributed by atoms with van der Waals surface area (Å²) in [6, 6.07) is 2.73. The Labute approximate surface area is 122 Å². The van der Waals surface area contributed by atoms with Crippen LogP contribution in [0.1, 0.15) is 43.2 Å². The third kappa shape index (κ3) is 2.91. The van der Waals surface area contributed by atoms with E-state index < -0.39 is 0 Å². The van der Waals surface area contributed by atoms with Crippen molar-refractivity contribution in [3.05, 3.63) is 27.4 Å². The van der Waals surface area contributed by atoms with Crippen LogP contribution < -0.4 is 5.32 Å². The number of nitrogens with zero attached hydrogens (tertiary/aromatic N) is 1. The Morgan fingerprint density at radius 1 is 1.47 bits per heavy atom. The number of rotatable bonds is 4. The van der Waals surface area contributed by atoms with E-state index >= 15 is 0 Å². The Hall–Kier alpha value is -0.710. The number of aryl methyl sites for hydroxylation is 1. The zero-order valence-corrected chi connectivity index (χ0v) is 13.1. The molecule has 0 amide bonds. The molecule has 2 nitrogen and oxygen atoms in total. The molecule has 2 aromatic heterocycles. The van der Waals surface area contributed by atoms with Crippen LogP contribution in [0.3, 0.4) is 0 Å². The van der Waals surface area contributed by atoms with E-state index in [0.717, 1.165) is 6.54 Å². The van der Waals surface area contributed by atoms with E-state index in [0.29, 0.717) is 12.0 Å². The first-order valence-electron chi connectivity index (χ1n) is 6.99. The van der Waals surface area contributed by atoms with Crippen LogP contribution in [-0.2, 0) is 6.42 Å². The van der Waals surface area contributed by atoms with Gasteiger partial charge in [0, 0.05) is 34.3 Å². The second kappa shape index (κ2) is 5.73. The van der Waals surface area contributed by atoms with Gasteiger partial charge in [-0.25, -0.2) is 4.98 Å². The van der Waals surface area contributed by atoms with E-state index in [2.05, 4.69) is 36.0 Å². The van der Waals surface area contributed by atoms with Crippen molar-refractivity contribution < 1.29 is 0 Å². The number of hydrogen-bond acceptors (Lipinski definition) is 4. The van der Waals surface area contributed by atoms with Crippen LogP contribution in [0.25, 0.3) is 10.6 Å². The van der Waals surface area contributed by atoms with E-state index in [-0.39, 0.29) is 0 Å². The number of thiophene rings is 1. The van der Waals surface area contributed by atoms with Gasteiger partial charge < -0.3 is 5.32 Å². The summed E-state index contributed by atoms with van der Waals surface area (Å²) in [5.41, 5.74) is 2.66. The maximum atomic E-state index is 4.94. The predicted octanol–water partition coefficient (Wildman–Crippen LogP) is 4.29. The fourth-order valence-electron chi connectivity index (χ4n) is 2.59. The molecule has 0 aliphatic heterocycles. The third-order valence-electron chi connectivity index (χ3n) is 3.61. The molecule has 0 saturated heterocycles. The molecule has 1 atom stereocenters. The standard InChI is InChI=1S/C15H20N2S2/c1-10(2)16-8-11-4-3-5-13-14(11)17-15(19-13)12-6-7-18-9-12/h6-7,9-11,16H,3-5,8H2,1-2H3. The minimum atomic E-state index is 0.556. The molecule has 1 aliphatic rings. The van der Waals surface area contributed by atoms with Crippen molar-refractivity contribution >= 4 is 22.7 Å². The minimum Gasteiger partial charge on any atom is -0.314 e. The molecule has 1 aliphatic carbocycles. The summed E-state index contributed by atoms with van der Waals surface area (Å²) in [4.78, 5) is 6.45. The summed E-state index contributed by atoms with van der Waals surface area (Å²) < 4.78 is 0. The molecular formula is C15H20N2S2. The summed E-state index contributed by atoms with van der Waals surface area (Å²) in [7, 11) is 0. The molecule has 1 unspecified atom stereocenters. The van der Waals surface area contributed by atoms with Crippen LogP contribution in [0.15, 0.2) is 16.8 Å². The molecule has 1 N–H and O–H groups in total. The summed E-state index contributed by atoms with van der Waals surface area (Å²) in [5, 5.41) is 9.11. The molecule has 19 heavy (non-hydrogen) atoms. The smallest absolute Gasteiger partial charge is 0.124 e. The van der Waals surface area contributed by atoms with Crippen LogP contribution >= 0.6 is 22.7 Å². The molecular weight excluding hydrogens is 272 g/mol. The van der Waals surface area contributed by atoms with Crippen LogP contribution in [-0.4, -0.2) is 17.6 Å². The van der Waals surface area contributed by atoms with Crippen molar-refractivity contribution in [2.45, 2.75) is 45.1 Å². The molecule has 0 saturated carbocycles. The fraction of sp³-hybridized carbons (Fsp3) is 0.533. The van der Waals surface area contributed by atoms with Crippen molar-refractivity contribution in [3.8, 4) is 10.6 Å². The highest BCUT2D eigenvalue weighted by Crippen LogP contribution is 2.38. The van der Waals surface area contributed by atoms with E-state index in [1.54, 1.807) is 11.3 Å². The molecule has 102 valence electrons. The van der Waals surface area contributed by atoms with Crippen molar-refractivity contribution in [1.29, 1.82) is 0 Å². The minimum absolute atomic E-state index is 0.556. The zero-order valence-electron chi connectivity index (χ0n) is 11.5. The Bertz CT molecular complexity index is 528. The van der Waals surface area contributed by atoms with E-state index in [1.165, 1.54) is 40.4 Å². The number of fused-ring (bicyclic) bond motifs is 1. The lowest BCUT2D eigenvalue weighted by Crippen LogP contribution is -2.29. The van der Waals surface area contributed by atoms with Gasteiger partial charge in [-0.2, -0.15) is 11.3 Å². The topological polar surface area (TPSA) is 24.9 Å². The monoisotopic (exact) mass is 292 g/mol. The lowest BCUT2D eigenvalue weighted by molar-refractivity contribution is 0.475. The van der Waals surface area contributed by atoms with Gasteiger partial charge in [0.15, 0.2) is 0 Å². The average Bonchev–Trinajstić information content (AvgIpc) is 3.04. The quantitative estimate of drug-likeness (QED) is 0.909. The van der Waals surface area contributed by atoms with Crippen molar-refractivity contribution in [1.82, 2.24) is 10.3 Å². The number of hydrogen-bond donors (Lipinski definition) is 1. The Kier molecular flexibility index (Phi) is 4.01. The number of nitrogens with one attached hydrogen (secondary N) is 1. The molecule has 3 rings (SSSR count). The summed E-state index contributed by atoms with van der Waals surface area (Å²) in [6.45, 7) is 5.49.